The Morgan fingerprint density at radius 3 is 2.48 bits per heavy atom. The summed E-state index contributed by atoms with van der Waals surface area (Å²) in [5, 5.41) is 14.0. The summed E-state index contributed by atoms with van der Waals surface area (Å²) in [6.45, 7) is 0.865. The fourth-order valence-electron chi connectivity index (χ4n) is 2.59. The van der Waals surface area contributed by atoms with Crippen molar-refractivity contribution in [1.82, 2.24) is 15.5 Å². The number of rotatable bonds is 4. The van der Waals surface area contributed by atoms with E-state index in [4.69, 9.17) is 5.11 Å². The summed E-state index contributed by atoms with van der Waals surface area (Å²) >= 11 is 0. The van der Waals surface area contributed by atoms with Crippen LogP contribution in [0, 0.1) is 5.92 Å². The Morgan fingerprint density at radius 1 is 1.24 bits per heavy atom. The second-order valence-corrected chi connectivity index (χ2v) is 5.38. The Hall–Kier alpha value is -1.96. The van der Waals surface area contributed by atoms with E-state index >= 15 is 0 Å². The maximum absolute atomic E-state index is 12.0. The third-order valence-electron chi connectivity index (χ3n) is 3.94. The lowest BCUT2D eigenvalue weighted by atomic mass is 9.97. The molecule has 2 saturated heterocycles. The summed E-state index contributed by atoms with van der Waals surface area (Å²) in [4.78, 5) is 47.0. The van der Waals surface area contributed by atoms with Crippen LogP contribution in [0.15, 0.2) is 0 Å². The molecule has 3 amide bonds. The number of nitrogens with zero attached hydrogens (tertiary/aromatic N) is 1. The summed E-state index contributed by atoms with van der Waals surface area (Å²) in [7, 11) is 0. The Kier molecular flexibility index (Phi) is 4.89. The molecule has 2 heterocycles. The Morgan fingerprint density at radius 2 is 1.90 bits per heavy atom. The van der Waals surface area contributed by atoms with Crippen molar-refractivity contribution in [2.45, 2.75) is 31.7 Å². The van der Waals surface area contributed by atoms with Gasteiger partial charge in [-0.1, -0.05) is 0 Å². The molecule has 2 aliphatic rings. The standard InChI is InChI=1S/C13H19N3O5/c17-10-2-1-9(12(19)15-10)14-7-11(18)16-5-3-8(4-6-16)13(20)21/h8-9,14H,1-7H2,(H,20,21)(H,15,17,19). The van der Waals surface area contributed by atoms with Gasteiger partial charge in [0, 0.05) is 19.5 Å². The van der Waals surface area contributed by atoms with E-state index in [0.29, 0.717) is 32.4 Å². The average Bonchev–Trinajstić information content (AvgIpc) is 2.46. The van der Waals surface area contributed by atoms with Crippen LogP contribution in [0.3, 0.4) is 0 Å². The van der Waals surface area contributed by atoms with E-state index in [1.165, 1.54) is 0 Å². The molecule has 0 aromatic carbocycles. The Balaban J connectivity index is 1.74. The fraction of sp³-hybridized carbons (Fsp3) is 0.692. The van der Waals surface area contributed by atoms with Crippen LogP contribution in [0.2, 0.25) is 0 Å². The van der Waals surface area contributed by atoms with Crippen LogP contribution in [0.25, 0.3) is 0 Å². The van der Waals surface area contributed by atoms with Crippen LogP contribution in [-0.2, 0) is 19.2 Å². The number of aliphatic carboxylic acids is 1. The van der Waals surface area contributed by atoms with Crippen molar-refractivity contribution < 1.29 is 24.3 Å². The molecule has 8 heteroatoms. The highest BCUT2D eigenvalue weighted by molar-refractivity contribution is 6.00. The maximum atomic E-state index is 12.0. The third-order valence-corrected chi connectivity index (χ3v) is 3.94. The molecule has 2 aliphatic heterocycles. The topological polar surface area (TPSA) is 116 Å². The van der Waals surface area contributed by atoms with Crippen molar-refractivity contribution in [3.63, 3.8) is 0 Å². The number of amides is 3. The van der Waals surface area contributed by atoms with E-state index < -0.39 is 17.9 Å². The minimum Gasteiger partial charge on any atom is -0.481 e. The summed E-state index contributed by atoms with van der Waals surface area (Å²) in [6, 6.07) is -0.525. The predicted octanol–water partition coefficient (Wildman–Crippen LogP) is -1.30. The quantitative estimate of drug-likeness (QED) is 0.556. The number of carboxylic acids is 1. The normalized spacial score (nSPS) is 23.8. The highest BCUT2D eigenvalue weighted by atomic mass is 16.4. The first kappa shape index (κ1) is 15.4. The lowest BCUT2D eigenvalue weighted by molar-refractivity contribution is -0.145. The Bertz CT molecular complexity index is 457. The number of piperidine rings is 2. The van der Waals surface area contributed by atoms with E-state index in [1.807, 2.05) is 0 Å². The zero-order valence-corrected chi connectivity index (χ0v) is 11.6. The van der Waals surface area contributed by atoms with Gasteiger partial charge in [-0.2, -0.15) is 0 Å². The van der Waals surface area contributed by atoms with Gasteiger partial charge in [0.05, 0.1) is 18.5 Å². The molecule has 2 fully saturated rings. The summed E-state index contributed by atoms with van der Waals surface area (Å²) < 4.78 is 0. The molecule has 2 rings (SSSR count). The molecule has 0 radical (unpaired) electrons. The smallest absolute Gasteiger partial charge is 0.306 e. The third kappa shape index (κ3) is 4.01. The molecule has 0 aliphatic carbocycles. The second kappa shape index (κ2) is 6.66. The molecule has 116 valence electrons. The Labute approximate surface area is 121 Å². The number of carbonyl (C=O) groups excluding carboxylic acids is 3. The molecule has 0 aromatic heterocycles. The molecule has 1 unspecified atom stereocenters. The van der Waals surface area contributed by atoms with Gasteiger partial charge >= 0.3 is 5.97 Å². The monoisotopic (exact) mass is 297 g/mol. The largest absolute Gasteiger partial charge is 0.481 e. The lowest BCUT2D eigenvalue weighted by Crippen LogP contribution is -2.53. The summed E-state index contributed by atoms with van der Waals surface area (Å²) in [6.07, 6.45) is 1.57. The summed E-state index contributed by atoms with van der Waals surface area (Å²) in [5.41, 5.74) is 0. The van der Waals surface area contributed by atoms with Gasteiger partial charge in [0.1, 0.15) is 0 Å². The molecular weight excluding hydrogens is 278 g/mol. The zero-order valence-electron chi connectivity index (χ0n) is 11.6. The molecule has 3 N–H and O–H groups in total. The summed E-state index contributed by atoms with van der Waals surface area (Å²) in [5.74, 6) is -2.03. The number of hydrogen-bond donors (Lipinski definition) is 3. The van der Waals surface area contributed by atoms with Gasteiger partial charge in [-0.3, -0.25) is 29.8 Å². The van der Waals surface area contributed by atoms with Crippen LogP contribution >= 0.6 is 0 Å². The van der Waals surface area contributed by atoms with Crippen molar-refractivity contribution >= 4 is 23.7 Å². The van der Waals surface area contributed by atoms with Crippen LogP contribution < -0.4 is 10.6 Å². The van der Waals surface area contributed by atoms with Crippen LogP contribution in [0.4, 0.5) is 0 Å². The maximum Gasteiger partial charge on any atom is 0.306 e. The van der Waals surface area contributed by atoms with Crippen molar-refractivity contribution in [3.8, 4) is 0 Å². The average molecular weight is 297 g/mol. The van der Waals surface area contributed by atoms with E-state index in [0.717, 1.165) is 0 Å². The number of imide groups is 1. The first-order chi connectivity index (χ1) is 9.97. The molecule has 0 spiro atoms. The van der Waals surface area contributed by atoms with E-state index in [-0.39, 0.29) is 30.7 Å². The van der Waals surface area contributed by atoms with Gasteiger partial charge < -0.3 is 10.0 Å². The SMILES string of the molecule is O=C1CCC(NCC(=O)N2CCC(C(=O)O)CC2)C(=O)N1. The molecule has 0 aromatic rings. The predicted molar refractivity (Wildman–Crippen MR) is 71.1 cm³/mol. The molecular formula is C13H19N3O5. The highest BCUT2D eigenvalue weighted by Gasteiger charge is 2.29. The minimum atomic E-state index is -0.816. The van der Waals surface area contributed by atoms with Crippen LogP contribution in [-0.4, -0.2) is 59.4 Å². The number of carboxylic acid groups (broad SMARTS) is 1. The number of hydrogen-bond acceptors (Lipinski definition) is 5. The van der Waals surface area contributed by atoms with Gasteiger partial charge in [-0.05, 0) is 19.3 Å². The molecule has 0 bridgehead atoms. The number of carbonyl (C=O) groups is 4. The van der Waals surface area contributed by atoms with E-state index in [2.05, 4.69) is 10.6 Å². The molecule has 21 heavy (non-hydrogen) atoms. The molecule has 0 saturated carbocycles. The highest BCUT2D eigenvalue weighted by Crippen LogP contribution is 2.17. The second-order valence-electron chi connectivity index (χ2n) is 5.38. The van der Waals surface area contributed by atoms with E-state index in [1.54, 1.807) is 4.90 Å². The van der Waals surface area contributed by atoms with E-state index in [9.17, 15) is 19.2 Å². The first-order valence-corrected chi connectivity index (χ1v) is 7.05. The van der Waals surface area contributed by atoms with Crippen molar-refractivity contribution in [3.05, 3.63) is 0 Å². The van der Waals surface area contributed by atoms with Crippen molar-refractivity contribution in [2.24, 2.45) is 5.92 Å². The van der Waals surface area contributed by atoms with Gasteiger partial charge in [0.25, 0.3) is 0 Å². The van der Waals surface area contributed by atoms with Gasteiger partial charge in [-0.15, -0.1) is 0 Å². The first-order valence-electron chi connectivity index (χ1n) is 7.05. The lowest BCUT2D eigenvalue weighted by Gasteiger charge is -2.31. The van der Waals surface area contributed by atoms with Gasteiger partial charge in [-0.25, -0.2) is 0 Å². The van der Waals surface area contributed by atoms with Gasteiger partial charge in [0.2, 0.25) is 17.7 Å². The minimum absolute atomic E-state index is 0.0179. The molecule has 8 nitrogen and oxygen atoms in total. The van der Waals surface area contributed by atoms with Crippen molar-refractivity contribution in [1.29, 1.82) is 0 Å². The molecule has 1 atom stereocenters. The number of likely N-dealkylation sites (tertiary alicyclic amines) is 1. The fourth-order valence-corrected chi connectivity index (χ4v) is 2.59. The zero-order chi connectivity index (χ0) is 15.4. The van der Waals surface area contributed by atoms with Gasteiger partial charge in [0.15, 0.2) is 0 Å². The van der Waals surface area contributed by atoms with Crippen LogP contribution in [0.1, 0.15) is 25.7 Å². The number of nitrogens with one attached hydrogen (secondary N) is 2. The van der Waals surface area contributed by atoms with Crippen LogP contribution in [0.5, 0.6) is 0 Å². The van der Waals surface area contributed by atoms with Crippen molar-refractivity contribution in [2.75, 3.05) is 19.6 Å².